The molecule has 0 bridgehead atoms. The van der Waals surface area contributed by atoms with Gasteiger partial charge in [-0.2, -0.15) is 0 Å². The number of nitro groups is 1. The van der Waals surface area contributed by atoms with Crippen molar-refractivity contribution in [3.8, 4) is 0 Å². The van der Waals surface area contributed by atoms with Gasteiger partial charge in [-0.3, -0.25) is 0 Å². The third-order valence-electron chi connectivity index (χ3n) is 1.22. The largest absolute Gasteiger partial charge is 0.491 e. The van der Waals surface area contributed by atoms with Crippen LogP contribution in [0.4, 0.5) is 10.7 Å². The zero-order chi connectivity index (χ0) is 11.6. The first-order valence-electron chi connectivity index (χ1n) is 4.09. The van der Waals surface area contributed by atoms with Crippen LogP contribution in [-0.4, -0.2) is 31.4 Å². The highest BCUT2D eigenvalue weighted by molar-refractivity contribution is 5.69. The Morgan fingerprint density at radius 1 is 1.60 bits per heavy atom. The zero-order valence-electron chi connectivity index (χ0n) is 8.50. The molecule has 0 amide bonds. The molecule has 0 atom stereocenters. The summed E-state index contributed by atoms with van der Waals surface area (Å²) in [6.07, 6.45) is 0.134. The van der Waals surface area contributed by atoms with Gasteiger partial charge in [-0.1, -0.05) is 9.67 Å². The van der Waals surface area contributed by atoms with Crippen molar-refractivity contribution < 1.29 is 14.5 Å². The lowest BCUT2D eigenvalue weighted by atomic mass is 10.2. The summed E-state index contributed by atoms with van der Waals surface area (Å²) in [5.41, 5.74) is -0.683. The Morgan fingerprint density at radius 2 is 2.20 bits per heavy atom. The predicted molar refractivity (Wildman–Crippen MR) is 48.3 cm³/mol. The standard InChI is InChI=1S/C7H10N4O4/c1-7(2,3)15-6(12)10-4-8-5(9-10)11(13)14/h4H,1-3H3. The van der Waals surface area contributed by atoms with E-state index in [1.807, 2.05) is 0 Å². The fourth-order valence-electron chi connectivity index (χ4n) is 0.735. The monoisotopic (exact) mass is 214 g/mol. The zero-order valence-corrected chi connectivity index (χ0v) is 8.50. The molecule has 0 spiro atoms. The SMILES string of the molecule is CC(C)(C)OC(=O)n1cnc([N+](=O)[O-])n1. The van der Waals surface area contributed by atoms with Crippen LogP contribution in [0.15, 0.2) is 6.33 Å². The first kappa shape index (κ1) is 11.1. The van der Waals surface area contributed by atoms with Gasteiger partial charge in [-0.25, -0.2) is 4.79 Å². The van der Waals surface area contributed by atoms with Crippen LogP contribution in [0.2, 0.25) is 0 Å². The van der Waals surface area contributed by atoms with Crippen molar-refractivity contribution in [2.45, 2.75) is 26.4 Å². The molecule has 0 saturated heterocycles. The van der Waals surface area contributed by atoms with Gasteiger partial charge < -0.3 is 14.9 Å². The number of aromatic nitrogens is 3. The molecule has 15 heavy (non-hydrogen) atoms. The third kappa shape index (κ3) is 3.01. The Labute approximate surface area is 85.0 Å². The Hall–Kier alpha value is -1.99. The summed E-state index contributed by atoms with van der Waals surface area (Å²) >= 11 is 0. The topological polar surface area (TPSA) is 100 Å². The minimum absolute atomic E-state index is 0.638. The van der Waals surface area contributed by atoms with E-state index in [-0.39, 0.29) is 0 Å². The van der Waals surface area contributed by atoms with Crippen molar-refractivity contribution in [2.75, 3.05) is 0 Å². The lowest BCUT2D eigenvalue weighted by Crippen LogP contribution is -2.27. The molecule has 0 fully saturated rings. The molecule has 0 radical (unpaired) electrons. The Morgan fingerprint density at radius 3 is 2.60 bits per heavy atom. The molecule has 1 aromatic heterocycles. The van der Waals surface area contributed by atoms with E-state index in [9.17, 15) is 14.9 Å². The first-order chi connectivity index (χ1) is 6.79. The van der Waals surface area contributed by atoms with Crippen LogP contribution in [0.1, 0.15) is 20.8 Å². The molecule has 0 aliphatic carbocycles. The van der Waals surface area contributed by atoms with Gasteiger partial charge in [0.05, 0.1) is 0 Å². The van der Waals surface area contributed by atoms with Gasteiger partial charge >= 0.3 is 12.0 Å². The summed E-state index contributed by atoms with van der Waals surface area (Å²) in [7, 11) is 0. The van der Waals surface area contributed by atoms with Crippen molar-refractivity contribution >= 4 is 12.0 Å². The van der Waals surface area contributed by atoms with E-state index < -0.39 is 22.6 Å². The number of hydrogen-bond donors (Lipinski definition) is 0. The summed E-state index contributed by atoms with van der Waals surface area (Å²) in [6.45, 7) is 5.03. The number of nitrogens with zero attached hydrogens (tertiary/aromatic N) is 4. The highest BCUT2D eigenvalue weighted by atomic mass is 16.6. The number of rotatable bonds is 1. The number of carbonyl (C=O) groups excluding carboxylic acids is 1. The molecule has 0 aliphatic rings. The minimum Gasteiger partial charge on any atom is -0.441 e. The lowest BCUT2D eigenvalue weighted by Gasteiger charge is -2.17. The van der Waals surface area contributed by atoms with E-state index in [1.165, 1.54) is 0 Å². The molecular formula is C7H10N4O4. The van der Waals surface area contributed by atoms with Crippen LogP contribution in [0, 0.1) is 10.1 Å². The minimum atomic E-state index is -0.803. The molecule has 0 N–H and O–H groups in total. The number of ether oxygens (including phenoxy) is 1. The van der Waals surface area contributed by atoms with Crippen LogP contribution in [0.5, 0.6) is 0 Å². The van der Waals surface area contributed by atoms with Crippen molar-refractivity contribution in [3.63, 3.8) is 0 Å². The van der Waals surface area contributed by atoms with Gasteiger partial charge in [0.25, 0.3) is 0 Å². The van der Waals surface area contributed by atoms with Gasteiger partial charge in [-0.15, -0.1) is 0 Å². The van der Waals surface area contributed by atoms with Gasteiger partial charge in [0.15, 0.2) is 0 Å². The van der Waals surface area contributed by atoms with Crippen LogP contribution in [0.3, 0.4) is 0 Å². The van der Waals surface area contributed by atoms with E-state index in [0.717, 1.165) is 6.33 Å². The fraction of sp³-hybridized carbons (Fsp3) is 0.571. The summed E-state index contributed by atoms with van der Waals surface area (Å²) in [4.78, 5) is 24.1. The highest BCUT2D eigenvalue weighted by Gasteiger charge is 2.23. The van der Waals surface area contributed by atoms with Crippen LogP contribution in [0.25, 0.3) is 0 Å². The first-order valence-corrected chi connectivity index (χ1v) is 4.09. The van der Waals surface area contributed by atoms with E-state index in [4.69, 9.17) is 4.74 Å². The quantitative estimate of drug-likeness (QED) is 0.510. The normalized spacial score (nSPS) is 11.1. The molecule has 8 nitrogen and oxygen atoms in total. The molecule has 1 aromatic rings. The lowest BCUT2D eigenvalue weighted by molar-refractivity contribution is -0.394. The molecular weight excluding hydrogens is 204 g/mol. The van der Waals surface area contributed by atoms with Gasteiger partial charge in [-0.05, 0) is 25.7 Å². The summed E-state index contributed by atoms with van der Waals surface area (Å²) in [5, 5.41) is 13.6. The Balaban J connectivity index is 2.79. The van der Waals surface area contributed by atoms with Crippen molar-refractivity contribution in [1.29, 1.82) is 0 Å². The molecule has 8 heteroatoms. The highest BCUT2D eigenvalue weighted by Crippen LogP contribution is 2.09. The van der Waals surface area contributed by atoms with Gasteiger partial charge in [0.1, 0.15) is 5.60 Å². The number of hydrogen-bond acceptors (Lipinski definition) is 6. The van der Waals surface area contributed by atoms with E-state index in [0.29, 0.717) is 4.68 Å². The molecule has 0 saturated carbocycles. The average molecular weight is 214 g/mol. The van der Waals surface area contributed by atoms with Crippen LogP contribution in [-0.2, 0) is 4.74 Å². The van der Waals surface area contributed by atoms with Crippen LogP contribution < -0.4 is 0 Å². The van der Waals surface area contributed by atoms with E-state index in [1.54, 1.807) is 20.8 Å². The third-order valence-corrected chi connectivity index (χ3v) is 1.22. The maximum Gasteiger partial charge on any atom is 0.491 e. The maximum absolute atomic E-state index is 11.3. The molecule has 0 aliphatic heterocycles. The second-order valence-electron chi connectivity index (χ2n) is 3.73. The molecule has 0 aromatic carbocycles. The Bertz CT molecular complexity index is 392. The van der Waals surface area contributed by atoms with Crippen LogP contribution >= 0.6 is 0 Å². The predicted octanol–water partition coefficient (Wildman–Crippen LogP) is 0.969. The smallest absolute Gasteiger partial charge is 0.441 e. The fourth-order valence-corrected chi connectivity index (χ4v) is 0.735. The Kier molecular flexibility index (Phi) is 2.69. The second-order valence-corrected chi connectivity index (χ2v) is 3.73. The molecule has 1 heterocycles. The molecule has 0 unspecified atom stereocenters. The van der Waals surface area contributed by atoms with Gasteiger partial charge in [0.2, 0.25) is 6.33 Å². The molecule has 82 valence electrons. The van der Waals surface area contributed by atoms with E-state index in [2.05, 4.69) is 10.1 Å². The van der Waals surface area contributed by atoms with E-state index >= 15 is 0 Å². The molecule has 1 rings (SSSR count). The second kappa shape index (κ2) is 3.64. The summed E-state index contributed by atoms with van der Waals surface area (Å²) in [6, 6.07) is 0. The van der Waals surface area contributed by atoms with Crippen molar-refractivity contribution in [1.82, 2.24) is 14.8 Å². The average Bonchev–Trinajstić information content (AvgIpc) is 2.47. The van der Waals surface area contributed by atoms with Crippen molar-refractivity contribution in [2.24, 2.45) is 0 Å². The summed E-state index contributed by atoms with van der Waals surface area (Å²) in [5.74, 6) is -0.638. The summed E-state index contributed by atoms with van der Waals surface area (Å²) < 4.78 is 5.60. The maximum atomic E-state index is 11.3. The van der Waals surface area contributed by atoms with Gasteiger partial charge in [0, 0.05) is 5.10 Å². The van der Waals surface area contributed by atoms with Crippen molar-refractivity contribution in [3.05, 3.63) is 16.4 Å². The number of carbonyl (C=O) groups is 1.